The van der Waals surface area contributed by atoms with E-state index in [1.165, 1.54) is 12.5 Å². The summed E-state index contributed by atoms with van der Waals surface area (Å²) in [7, 11) is 0. The standard InChI is InChI=1S/C16H24N2O4/c19-9-8-16(6-2-1-3-7-16)12-17-14-10-13(11-20)4-5-15(14)18(21)22/h4-5,10,17,19-20H,1-3,6-9,11-12H2. The lowest BCUT2D eigenvalue weighted by atomic mass is 9.72. The lowest BCUT2D eigenvalue weighted by Gasteiger charge is -2.37. The van der Waals surface area contributed by atoms with Crippen molar-refractivity contribution in [1.29, 1.82) is 0 Å². The van der Waals surface area contributed by atoms with Crippen molar-refractivity contribution in [3.05, 3.63) is 33.9 Å². The van der Waals surface area contributed by atoms with Crippen LogP contribution in [0.25, 0.3) is 0 Å². The first-order chi connectivity index (χ1) is 10.6. The molecule has 1 aromatic rings. The maximum Gasteiger partial charge on any atom is 0.292 e. The van der Waals surface area contributed by atoms with Gasteiger partial charge in [0, 0.05) is 19.2 Å². The minimum Gasteiger partial charge on any atom is -0.396 e. The van der Waals surface area contributed by atoms with E-state index in [-0.39, 0.29) is 24.3 Å². The van der Waals surface area contributed by atoms with Gasteiger partial charge in [-0.3, -0.25) is 10.1 Å². The maximum atomic E-state index is 11.1. The van der Waals surface area contributed by atoms with Crippen LogP contribution in [0.1, 0.15) is 44.1 Å². The average molecular weight is 308 g/mol. The molecule has 0 radical (unpaired) electrons. The van der Waals surface area contributed by atoms with Crippen LogP contribution < -0.4 is 5.32 Å². The molecule has 22 heavy (non-hydrogen) atoms. The van der Waals surface area contributed by atoms with Crippen molar-refractivity contribution < 1.29 is 15.1 Å². The molecule has 1 fully saturated rings. The molecule has 1 aliphatic carbocycles. The van der Waals surface area contributed by atoms with Crippen molar-refractivity contribution >= 4 is 11.4 Å². The number of aliphatic hydroxyl groups excluding tert-OH is 2. The maximum absolute atomic E-state index is 11.1. The Morgan fingerprint density at radius 2 is 1.95 bits per heavy atom. The van der Waals surface area contributed by atoms with Gasteiger partial charge in [0.25, 0.3) is 5.69 Å². The van der Waals surface area contributed by atoms with E-state index in [0.29, 0.717) is 24.2 Å². The van der Waals surface area contributed by atoms with Gasteiger partial charge in [0.2, 0.25) is 0 Å². The Morgan fingerprint density at radius 1 is 1.23 bits per heavy atom. The van der Waals surface area contributed by atoms with Crippen LogP contribution in [0.5, 0.6) is 0 Å². The first-order valence-electron chi connectivity index (χ1n) is 7.83. The minimum atomic E-state index is -0.414. The van der Waals surface area contributed by atoms with Crippen LogP contribution in [0.4, 0.5) is 11.4 Å². The molecule has 0 atom stereocenters. The zero-order valence-electron chi connectivity index (χ0n) is 12.8. The van der Waals surface area contributed by atoms with E-state index in [1.54, 1.807) is 12.1 Å². The summed E-state index contributed by atoms with van der Waals surface area (Å²) >= 11 is 0. The lowest BCUT2D eigenvalue weighted by molar-refractivity contribution is -0.384. The molecule has 0 unspecified atom stereocenters. The summed E-state index contributed by atoms with van der Waals surface area (Å²) in [6.45, 7) is 0.609. The Kier molecular flexibility index (Phi) is 5.74. The highest BCUT2D eigenvalue weighted by Gasteiger charge is 2.31. The van der Waals surface area contributed by atoms with Crippen LogP contribution in [0, 0.1) is 15.5 Å². The summed E-state index contributed by atoms with van der Waals surface area (Å²) in [5, 5.41) is 32.9. The van der Waals surface area contributed by atoms with Gasteiger partial charge in [-0.1, -0.05) is 19.3 Å². The number of nitro benzene ring substituents is 1. The van der Waals surface area contributed by atoms with Crippen molar-refractivity contribution in [2.75, 3.05) is 18.5 Å². The van der Waals surface area contributed by atoms with E-state index >= 15 is 0 Å². The molecule has 6 nitrogen and oxygen atoms in total. The monoisotopic (exact) mass is 308 g/mol. The minimum absolute atomic E-state index is 0.0100. The SMILES string of the molecule is O=[N+]([O-])c1ccc(CO)cc1NCC1(CCO)CCCCC1. The Balaban J connectivity index is 2.16. The van der Waals surface area contributed by atoms with Gasteiger partial charge in [0.1, 0.15) is 5.69 Å². The number of anilines is 1. The molecule has 0 amide bonds. The fraction of sp³-hybridized carbons (Fsp3) is 0.625. The number of hydrogen-bond acceptors (Lipinski definition) is 5. The van der Waals surface area contributed by atoms with E-state index in [9.17, 15) is 20.3 Å². The fourth-order valence-electron chi connectivity index (χ4n) is 3.32. The van der Waals surface area contributed by atoms with Crippen molar-refractivity contribution in [3.63, 3.8) is 0 Å². The van der Waals surface area contributed by atoms with Gasteiger partial charge in [-0.25, -0.2) is 0 Å². The van der Waals surface area contributed by atoms with Crippen LogP contribution in [0.2, 0.25) is 0 Å². The highest BCUT2D eigenvalue weighted by Crippen LogP contribution is 2.40. The molecule has 1 saturated carbocycles. The number of nitrogens with zero attached hydrogens (tertiary/aromatic N) is 1. The molecule has 0 aliphatic heterocycles. The second-order valence-electron chi connectivity index (χ2n) is 6.15. The quantitative estimate of drug-likeness (QED) is 0.532. The molecule has 0 heterocycles. The highest BCUT2D eigenvalue weighted by atomic mass is 16.6. The zero-order chi connectivity index (χ0) is 16.0. The van der Waals surface area contributed by atoms with Gasteiger partial charge in [-0.2, -0.15) is 0 Å². The van der Waals surface area contributed by atoms with Gasteiger partial charge in [-0.15, -0.1) is 0 Å². The van der Waals surface area contributed by atoms with Gasteiger partial charge < -0.3 is 15.5 Å². The van der Waals surface area contributed by atoms with Gasteiger partial charge in [-0.05, 0) is 42.4 Å². The lowest BCUT2D eigenvalue weighted by Crippen LogP contribution is -2.33. The normalized spacial score (nSPS) is 17.2. The number of aliphatic hydroxyl groups is 2. The smallest absolute Gasteiger partial charge is 0.292 e. The molecule has 0 spiro atoms. The molecule has 2 rings (SSSR count). The molecule has 1 aliphatic rings. The molecule has 0 saturated heterocycles. The second kappa shape index (κ2) is 7.56. The van der Waals surface area contributed by atoms with E-state index in [2.05, 4.69) is 5.32 Å². The molecule has 6 heteroatoms. The van der Waals surface area contributed by atoms with Crippen molar-refractivity contribution in [2.45, 2.75) is 45.1 Å². The average Bonchev–Trinajstić information content (AvgIpc) is 2.53. The fourth-order valence-corrected chi connectivity index (χ4v) is 3.32. The molecule has 1 aromatic carbocycles. The number of benzene rings is 1. The Labute approximate surface area is 130 Å². The van der Waals surface area contributed by atoms with Crippen LogP contribution in [0.15, 0.2) is 18.2 Å². The number of hydrogen-bond donors (Lipinski definition) is 3. The summed E-state index contributed by atoms with van der Waals surface area (Å²) in [5.41, 5.74) is 1.12. The summed E-state index contributed by atoms with van der Waals surface area (Å²) < 4.78 is 0. The van der Waals surface area contributed by atoms with Gasteiger partial charge in [0.15, 0.2) is 0 Å². The van der Waals surface area contributed by atoms with Crippen molar-refractivity contribution in [3.8, 4) is 0 Å². The Bertz CT molecular complexity index is 507. The molecular formula is C16H24N2O4. The van der Waals surface area contributed by atoms with E-state index in [1.807, 2.05) is 0 Å². The molecule has 122 valence electrons. The van der Waals surface area contributed by atoms with Crippen LogP contribution in [-0.2, 0) is 6.61 Å². The largest absolute Gasteiger partial charge is 0.396 e. The summed E-state index contributed by atoms with van der Waals surface area (Å²) in [6.07, 6.45) is 6.28. The number of nitrogens with one attached hydrogen (secondary N) is 1. The topological polar surface area (TPSA) is 95.6 Å². The predicted octanol–water partition coefficient (Wildman–Crippen LogP) is 2.83. The third-order valence-corrected chi connectivity index (χ3v) is 4.65. The molecule has 0 bridgehead atoms. The van der Waals surface area contributed by atoms with E-state index in [0.717, 1.165) is 25.7 Å². The summed E-state index contributed by atoms with van der Waals surface area (Å²) in [5.74, 6) is 0. The number of rotatable bonds is 7. The van der Waals surface area contributed by atoms with Gasteiger partial charge in [0.05, 0.1) is 11.5 Å². The second-order valence-corrected chi connectivity index (χ2v) is 6.15. The first-order valence-corrected chi connectivity index (χ1v) is 7.83. The van der Waals surface area contributed by atoms with Gasteiger partial charge >= 0.3 is 0 Å². The third kappa shape index (κ3) is 3.96. The molecular weight excluding hydrogens is 284 g/mol. The van der Waals surface area contributed by atoms with Crippen molar-refractivity contribution in [2.24, 2.45) is 5.41 Å². The van der Waals surface area contributed by atoms with Crippen LogP contribution in [-0.4, -0.2) is 28.3 Å². The number of nitro groups is 1. The van der Waals surface area contributed by atoms with Crippen LogP contribution in [0.3, 0.4) is 0 Å². The Hall–Kier alpha value is -1.66. The molecule has 0 aromatic heterocycles. The Morgan fingerprint density at radius 3 is 2.55 bits per heavy atom. The van der Waals surface area contributed by atoms with Crippen molar-refractivity contribution in [1.82, 2.24) is 0 Å². The van der Waals surface area contributed by atoms with Crippen LogP contribution >= 0.6 is 0 Å². The summed E-state index contributed by atoms with van der Waals surface area (Å²) in [4.78, 5) is 10.7. The summed E-state index contributed by atoms with van der Waals surface area (Å²) in [6, 6.07) is 4.62. The predicted molar refractivity (Wildman–Crippen MR) is 84.7 cm³/mol. The zero-order valence-corrected chi connectivity index (χ0v) is 12.8. The van der Waals surface area contributed by atoms with E-state index < -0.39 is 4.92 Å². The molecule has 3 N–H and O–H groups in total. The third-order valence-electron chi connectivity index (χ3n) is 4.65. The van der Waals surface area contributed by atoms with E-state index in [4.69, 9.17) is 0 Å². The first kappa shape index (κ1) is 16.7. The highest BCUT2D eigenvalue weighted by molar-refractivity contribution is 5.62.